The summed E-state index contributed by atoms with van der Waals surface area (Å²) >= 11 is 0. The predicted octanol–water partition coefficient (Wildman–Crippen LogP) is 0.289. The number of rotatable bonds is 6. The summed E-state index contributed by atoms with van der Waals surface area (Å²) in [5.41, 5.74) is 5.97. The highest BCUT2D eigenvalue weighted by atomic mass is 16.7. The predicted molar refractivity (Wildman–Crippen MR) is 40.8 cm³/mol. The van der Waals surface area contributed by atoms with Gasteiger partial charge in [-0.1, -0.05) is 19.1 Å². The van der Waals surface area contributed by atoms with Crippen LogP contribution in [0.5, 0.6) is 0 Å². The zero-order valence-electron chi connectivity index (χ0n) is 6.98. The van der Waals surface area contributed by atoms with E-state index in [1.807, 2.05) is 20.8 Å². The molecule has 0 saturated carbocycles. The first-order valence-corrected chi connectivity index (χ1v) is 3.75. The summed E-state index contributed by atoms with van der Waals surface area (Å²) in [5, 5.41) is 1.54. The molecule has 0 aromatic rings. The Kier molecular flexibility index (Phi) is 6.84. The lowest BCUT2D eigenvalue weighted by atomic mass is 10.8. The van der Waals surface area contributed by atoms with Crippen molar-refractivity contribution >= 4 is 0 Å². The Morgan fingerprint density at radius 1 is 1.10 bits per heavy atom. The molecule has 0 spiro atoms. The van der Waals surface area contributed by atoms with Crippen LogP contribution in [0.15, 0.2) is 0 Å². The first-order chi connectivity index (χ1) is 4.85. The molecule has 0 fully saturated rings. The minimum atomic E-state index is 0.667. The fraction of sp³-hybridized carbons (Fsp3) is 1.00. The zero-order valence-corrected chi connectivity index (χ0v) is 6.98. The molecule has 0 aromatic heterocycles. The molecule has 0 aromatic carbocycles. The zero-order chi connectivity index (χ0) is 7.82. The third-order valence-corrected chi connectivity index (χ3v) is 0.862. The van der Waals surface area contributed by atoms with Crippen LogP contribution in [-0.4, -0.2) is 25.0 Å². The molecule has 0 atom stereocenters. The Bertz CT molecular complexity index is 55.7. The summed E-state index contributed by atoms with van der Waals surface area (Å²) in [7, 11) is 0. The highest BCUT2D eigenvalue weighted by Crippen LogP contribution is 1.77. The monoisotopic (exact) mass is 147 g/mol. The van der Waals surface area contributed by atoms with E-state index in [1.165, 1.54) is 0 Å². The minimum Gasteiger partial charge on any atom is -0.270 e. The quantitative estimate of drug-likeness (QED) is 0.529. The first kappa shape index (κ1) is 9.84. The number of hydrazine groups is 2. The molecule has 0 unspecified atom stereocenters. The van der Waals surface area contributed by atoms with Gasteiger partial charge in [-0.3, -0.25) is 4.84 Å². The Hall–Kier alpha value is -0.160. The molecular weight excluding hydrogens is 130 g/mol. The van der Waals surface area contributed by atoms with Crippen molar-refractivity contribution in [2.24, 2.45) is 0 Å². The molecule has 0 heterocycles. The Labute approximate surface area is 62.4 Å². The summed E-state index contributed by atoms with van der Waals surface area (Å²) < 4.78 is 0. The second-order valence-corrected chi connectivity index (χ2v) is 1.74. The van der Waals surface area contributed by atoms with E-state index in [-0.39, 0.29) is 0 Å². The first-order valence-electron chi connectivity index (χ1n) is 3.75. The van der Waals surface area contributed by atoms with Gasteiger partial charge in [0, 0.05) is 13.1 Å². The van der Waals surface area contributed by atoms with E-state index in [0.29, 0.717) is 6.61 Å². The molecular formula is C6H17N3O. The van der Waals surface area contributed by atoms with Crippen molar-refractivity contribution in [1.82, 2.24) is 16.1 Å². The SMILES string of the molecule is CCNN(NCC)OCC. The van der Waals surface area contributed by atoms with E-state index in [2.05, 4.69) is 10.9 Å². The molecule has 2 N–H and O–H groups in total. The highest BCUT2D eigenvalue weighted by molar-refractivity contribution is 4.27. The summed E-state index contributed by atoms with van der Waals surface area (Å²) in [6.07, 6.45) is 0. The maximum Gasteiger partial charge on any atom is 0.0688 e. The second kappa shape index (κ2) is 6.95. The molecule has 0 radical (unpaired) electrons. The Morgan fingerprint density at radius 3 is 1.90 bits per heavy atom. The van der Waals surface area contributed by atoms with E-state index in [4.69, 9.17) is 4.84 Å². The van der Waals surface area contributed by atoms with Crippen LogP contribution in [0, 0.1) is 0 Å². The summed E-state index contributed by atoms with van der Waals surface area (Å²) in [4.78, 5) is 5.13. The molecule has 0 aliphatic heterocycles. The van der Waals surface area contributed by atoms with Gasteiger partial charge < -0.3 is 0 Å². The van der Waals surface area contributed by atoms with Gasteiger partial charge in [-0.2, -0.15) is 0 Å². The average Bonchev–Trinajstić information content (AvgIpc) is 1.90. The molecule has 0 aliphatic rings. The van der Waals surface area contributed by atoms with Crippen molar-refractivity contribution in [3.8, 4) is 0 Å². The van der Waals surface area contributed by atoms with Gasteiger partial charge >= 0.3 is 0 Å². The molecule has 10 heavy (non-hydrogen) atoms. The van der Waals surface area contributed by atoms with Crippen LogP contribution in [0.1, 0.15) is 20.8 Å². The Morgan fingerprint density at radius 2 is 1.60 bits per heavy atom. The molecule has 4 nitrogen and oxygen atoms in total. The van der Waals surface area contributed by atoms with Gasteiger partial charge in [-0.05, 0) is 6.92 Å². The fourth-order valence-corrected chi connectivity index (χ4v) is 0.564. The van der Waals surface area contributed by atoms with Crippen LogP contribution in [0.2, 0.25) is 0 Å². The number of nitrogens with zero attached hydrogens (tertiary/aromatic N) is 1. The van der Waals surface area contributed by atoms with Crippen molar-refractivity contribution in [2.45, 2.75) is 20.8 Å². The molecule has 0 saturated heterocycles. The molecule has 0 rings (SSSR count). The third kappa shape index (κ3) is 4.69. The van der Waals surface area contributed by atoms with E-state index in [0.717, 1.165) is 13.1 Å². The van der Waals surface area contributed by atoms with Crippen LogP contribution < -0.4 is 10.9 Å². The van der Waals surface area contributed by atoms with Gasteiger partial charge in [0.2, 0.25) is 0 Å². The standard InChI is InChI=1S/C6H17N3O/c1-4-7-9(8-5-2)10-6-3/h7-8H,4-6H2,1-3H3. The van der Waals surface area contributed by atoms with Gasteiger partial charge in [0.25, 0.3) is 0 Å². The minimum absolute atomic E-state index is 0.667. The molecule has 0 bridgehead atoms. The third-order valence-electron chi connectivity index (χ3n) is 0.862. The van der Waals surface area contributed by atoms with Gasteiger partial charge in [0.15, 0.2) is 0 Å². The van der Waals surface area contributed by atoms with Crippen molar-refractivity contribution < 1.29 is 4.84 Å². The maximum absolute atomic E-state index is 5.13. The molecule has 62 valence electrons. The van der Waals surface area contributed by atoms with Crippen LogP contribution in [0.25, 0.3) is 0 Å². The van der Waals surface area contributed by atoms with Crippen molar-refractivity contribution in [1.29, 1.82) is 0 Å². The summed E-state index contributed by atoms with van der Waals surface area (Å²) in [6.45, 7) is 8.36. The summed E-state index contributed by atoms with van der Waals surface area (Å²) in [6, 6.07) is 0. The van der Waals surface area contributed by atoms with E-state index in [9.17, 15) is 0 Å². The number of hydrogen-bond donors (Lipinski definition) is 2. The van der Waals surface area contributed by atoms with Crippen LogP contribution in [0.4, 0.5) is 0 Å². The van der Waals surface area contributed by atoms with E-state index in [1.54, 1.807) is 5.28 Å². The largest absolute Gasteiger partial charge is 0.270 e. The molecule has 0 aliphatic carbocycles. The van der Waals surface area contributed by atoms with Crippen molar-refractivity contribution in [3.05, 3.63) is 0 Å². The van der Waals surface area contributed by atoms with Gasteiger partial charge in [0.1, 0.15) is 0 Å². The second-order valence-electron chi connectivity index (χ2n) is 1.74. The lowest BCUT2D eigenvalue weighted by Gasteiger charge is -2.20. The van der Waals surface area contributed by atoms with Gasteiger partial charge in [0.05, 0.1) is 6.61 Å². The maximum atomic E-state index is 5.13. The lowest BCUT2D eigenvalue weighted by Crippen LogP contribution is -2.47. The van der Waals surface area contributed by atoms with Gasteiger partial charge in [-0.25, -0.2) is 10.9 Å². The average molecular weight is 147 g/mol. The van der Waals surface area contributed by atoms with Crippen molar-refractivity contribution in [3.63, 3.8) is 0 Å². The normalized spacial score (nSPS) is 10.8. The number of hydrogen-bond acceptors (Lipinski definition) is 4. The lowest BCUT2D eigenvalue weighted by molar-refractivity contribution is -0.226. The van der Waals surface area contributed by atoms with Crippen molar-refractivity contribution in [2.75, 3.05) is 19.7 Å². The smallest absolute Gasteiger partial charge is 0.0688 e. The highest BCUT2D eigenvalue weighted by Gasteiger charge is 1.96. The van der Waals surface area contributed by atoms with E-state index >= 15 is 0 Å². The molecule has 4 heteroatoms. The van der Waals surface area contributed by atoms with Crippen LogP contribution >= 0.6 is 0 Å². The van der Waals surface area contributed by atoms with Crippen LogP contribution in [0.3, 0.4) is 0 Å². The fourth-order valence-electron chi connectivity index (χ4n) is 0.564. The van der Waals surface area contributed by atoms with Crippen LogP contribution in [-0.2, 0) is 4.84 Å². The summed E-state index contributed by atoms with van der Waals surface area (Å²) in [5.74, 6) is 0. The van der Waals surface area contributed by atoms with Gasteiger partial charge in [-0.15, -0.1) is 0 Å². The van der Waals surface area contributed by atoms with E-state index < -0.39 is 0 Å². The Balaban J connectivity index is 3.30. The number of nitrogens with one attached hydrogen (secondary N) is 2. The molecule has 0 amide bonds. The topological polar surface area (TPSA) is 36.5 Å².